The van der Waals surface area contributed by atoms with Crippen LogP contribution >= 0.6 is 11.3 Å². The largest absolute Gasteiger partial charge is 0.379 e. The number of hydrogen-bond donors (Lipinski definition) is 1. The molecule has 1 aromatic heterocycles. The molecule has 0 amide bonds. The van der Waals surface area contributed by atoms with E-state index < -0.39 is 0 Å². The van der Waals surface area contributed by atoms with Gasteiger partial charge in [0.15, 0.2) is 0 Å². The Morgan fingerprint density at radius 3 is 2.71 bits per heavy atom. The molecule has 2 atom stereocenters. The van der Waals surface area contributed by atoms with E-state index in [0.717, 1.165) is 13.0 Å². The molecule has 0 aromatic carbocycles. The van der Waals surface area contributed by atoms with Gasteiger partial charge in [-0.25, -0.2) is 0 Å². The van der Waals surface area contributed by atoms with E-state index in [1.807, 2.05) is 0 Å². The normalized spacial score (nSPS) is 15.4. The van der Waals surface area contributed by atoms with Gasteiger partial charge in [0, 0.05) is 12.0 Å². The third-order valence-electron chi connectivity index (χ3n) is 2.35. The van der Waals surface area contributed by atoms with Crippen LogP contribution in [0.15, 0.2) is 17.5 Å². The Kier molecular flexibility index (Phi) is 5.15. The van der Waals surface area contributed by atoms with Gasteiger partial charge in [0.25, 0.3) is 0 Å². The molecule has 1 N–H and O–H groups in total. The minimum atomic E-state index is 0.272. The van der Waals surface area contributed by atoms with E-state index in [9.17, 15) is 0 Å². The lowest BCUT2D eigenvalue weighted by molar-refractivity contribution is 0.0667. The van der Waals surface area contributed by atoms with E-state index in [4.69, 9.17) is 4.74 Å². The second kappa shape index (κ2) is 6.17. The zero-order valence-electron chi connectivity index (χ0n) is 9.12. The van der Waals surface area contributed by atoms with Crippen molar-refractivity contribution in [2.75, 3.05) is 13.7 Å². The number of thiophene rings is 1. The number of hydrogen-bond acceptors (Lipinski definition) is 3. The molecule has 0 bridgehead atoms. The van der Waals surface area contributed by atoms with Crippen LogP contribution in [-0.4, -0.2) is 19.8 Å². The maximum absolute atomic E-state index is 5.48. The van der Waals surface area contributed by atoms with Crippen molar-refractivity contribution >= 4 is 11.3 Å². The Hall–Kier alpha value is -0.380. The van der Waals surface area contributed by atoms with Gasteiger partial charge in [0.05, 0.1) is 12.1 Å². The molecule has 0 fully saturated rings. The lowest BCUT2D eigenvalue weighted by Gasteiger charge is -2.24. The highest BCUT2D eigenvalue weighted by atomic mass is 32.1. The molecule has 0 spiro atoms. The summed E-state index contributed by atoms with van der Waals surface area (Å²) < 4.78 is 5.48. The Labute approximate surface area is 90.3 Å². The quantitative estimate of drug-likeness (QED) is 0.784. The molecular weight excluding hydrogens is 194 g/mol. The minimum absolute atomic E-state index is 0.272. The number of nitrogens with one attached hydrogen (secondary N) is 1. The zero-order valence-corrected chi connectivity index (χ0v) is 9.93. The average Bonchev–Trinajstić information content (AvgIpc) is 2.71. The van der Waals surface area contributed by atoms with Crippen molar-refractivity contribution < 1.29 is 4.74 Å². The molecule has 80 valence electrons. The summed E-state index contributed by atoms with van der Waals surface area (Å²) in [4.78, 5) is 1.36. The maximum atomic E-state index is 5.48. The van der Waals surface area contributed by atoms with Gasteiger partial charge >= 0.3 is 0 Å². The van der Waals surface area contributed by atoms with E-state index in [2.05, 4.69) is 36.7 Å². The summed E-state index contributed by atoms with van der Waals surface area (Å²) in [7, 11) is 1.78. The predicted molar refractivity (Wildman–Crippen MR) is 61.8 cm³/mol. The van der Waals surface area contributed by atoms with Crippen LogP contribution in [-0.2, 0) is 4.74 Å². The summed E-state index contributed by atoms with van der Waals surface area (Å²) in [6.07, 6.45) is 1.31. The van der Waals surface area contributed by atoms with Crippen molar-refractivity contribution in [3.05, 3.63) is 22.4 Å². The maximum Gasteiger partial charge on any atom is 0.0771 e. The van der Waals surface area contributed by atoms with Gasteiger partial charge in [-0.1, -0.05) is 19.9 Å². The van der Waals surface area contributed by atoms with Crippen molar-refractivity contribution in [3.8, 4) is 0 Å². The fourth-order valence-electron chi connectivity index (χ4n) is 1.64. The average molecular weight is 213 g/mol. The summed E-state index contributed by atoms with van der Waals surface area (Å²) in [6, 6.07) is 4.60. The Bertz CT molecular complexity index is 231. The number of methoxy groups -OCH3 is 1. The van der Waals surface area contributed by atoms with Crippen LogP contribution in [0.4, 0.5) is 0 Å². The first-order chi connectivity index (χ1) is 6.83. The molecule has 3 heteroatoms. The Balaban J connectivity index is 2.72. The molecular formula is C11H19NOS. The highest BCUT2D eigenvalue weighted by Gasteiger charge is 2.20. The predicted octanol–water partition coefficient (Wildman–Crippen LogP) is 2.82. The Morgan fingerprint density at radius 1 is 1.50 bits per heavy atom. The minimum Gasteiger partial charge on any atom is -0.379 e. The van der Waals surface area contributed by atoms with Crippen LogP contribution in [0, 0.1) is 0 Å². The van der Waals surface area contributed by atoms with E-state index >= 15 is 0 Å². The monoisotopic (exact) mass is 213 g/mol. The first-order valence-electron chi connectivity index (χ1n) is 5.13. The standard InChI is InChI=1S/C11H19NOS/c1-4-9(13-3)11(12-5-2)10-7-6-8-14-10/h6-9,11-12H,4-5H2,1-3H3. The molecule has 0 aliphatic rings. The highest BCUT2D eigenvalue weighted by Crippen LogP contribution is 2.25. The summed E-state index contributed by atoms with van der Waals surface area (Å²) >= 11 is 1.79. The van der Waals surface area contributed by atoms with Crippen LogP contribution in [0.5, 0.6) is 0 Å². The molecule has 0 saturated carbocycles. The molecule has 1 heterocycles. The van der Waals surface area contributed by atoms with E-state index in [0.29, 0.717) is 6.04 Å². The molecule has 0 aliphatic carbocycles. The number of likely N-dealkylation sites (N-methyl/N-ethyl adjacent to an activating group) is 1. The third-order valence-corrected chi connectivity index (χ3v) is 3.31. The molecule has 1 aromatic rings. The number of ether oxygens (including phenoxy) is 1. The summed E-state index contributed by atoms with van der Waals surface area (Å²) in [6.45, 7) is 5.26. The summed E-state index contributed by atoms with van der Waals surface area (Å²) in [5.41, 5.74) is 0. The van der Waals surface area contributed by atoms with Crippen LogP contribution in [0.1, 0.15) is 31.2 Å². The highest BCUT2D eigenvalue weighted by molar-refractivity contribution is 7.10. The van der Waals surface area contributed by atoms with Gasteiger partial charge in [0.2, 0.25) is 0 Å². The summed E-state index contributed by atoms with van der Waals surface area (Å²) in [5.74, 6) is 0. The molecule has 0 radical (unpaired) electrons. The molecule has 1 rings (SSSR count). The van der Waals surface area contributed by atoms with Crippen LogP contribution < -0.4 is 5.32 Å². The zero-order chi connectivity index (χ0) is 10.4. The molecule has 2 unspecified atom stereocenters. The first kappa shape index (κ1) is 11.7. The molecule has 0 aliphatic heterocycles. The van der Waals surface area contributed by atoms with E-state index in [1.165, 1.54) is 4.88 Å². The lowest BCUT2D eigenvalue weighted by Crippen LogP contribution is -2.32. The Morgan fingerprint density at radius 2 is 2.29 bits per heavy atom. The fraction of sp³-hybridized carbons (Fsp3) is 0.636. The second-order valence-electron chi connectivity index (χ2n) is 3.23. The van der Waals surface area contributed by atoms with Crippen molar-refractivity contribution in [1.29, 1.82) is 0 Å². The smallest absolute Gasteiger partial charge is 0.0771 e. The fourth-order valence-corrected chi connectivity index (χ4v) is 2.49. The van der Waals surface area contributed by atoms with Crippen molar-refractivity contribution in [2.45, 2.75) is 32.4 Å². The SMILES string of the molecule is CCNC(c1cccs1)C(CC)OC. The van der Waals surface area contributed by atoms with Gasteiger partial charge in [-0.05, 0) is 24.4 Å². The summed E-state index contributed by atoms with van der Waals surface area (Å²) in [5, 5.41) is 5.59. The van der Waals surface area contributed by atoms with Crippen LogP contribution in [0.25, 0.3) is 0 Å². The van der Waals surface area contributed by atoms with E-state index in [1.54, 1.807) is 18.4 Å². The van der Waals surface area contributed by atoms with Crippen molar-refractivity contribution in [3.63, 3.8) is 0 Å². The lowest BCUT2D eigenvalue weighted by atomic mass is 10.1. The van der Waals surface area contributed by atoms with Gasteiger partial charge in [-0.2, -0.15) is 0 Å². The van der Waals surface area contributed by atoms with Crippen LogP contribution in [0.3, 0.4) is 0 Å². The first-order valence-corrected chi connectivity index (χ1v) is 6.01. The van der Waals surface area contributed by atoms with Crippen LogP contribution in [0.2, 0.25) is 0 Å². The van der Waals surface area contributed by atoms with Gasteiger partial charge in [-0.15, -0.1) is 11.3 Å². The topological polar surface area (TPSA) is 21.3 Å². The van der Waals surface area contributed by atoms with Gasteiger partial charge < -0.3 is 10.1 Å². The van der Waals surface area contributed by atoms with Crippen molar-refractivity contribution in [1.82, 2.24) is 5.32 Å². The molecule has 14 heavy (non-hydrogen) atoms. The molecule has 2 nitrogen and oxygen atoms in total. The number of rotatable bonds is 6. The van der Waals surface area contributed by atoms with Gasteiger partial charge in [0.1, 0.15) is 0 Å². The third kappa shape index (κ3) is 2.80. The molecule has 0 saturated heterocycles. The second-order valence-corrected chi connectivity index (χ2v) is 4.21. The van der Waals surface area contributed by atoms with E-state index in [-0.39, 0.29) is 6.10 Å². The van der Waals surface area contributed by atoms with Gasteiger partial charge in [-0.3, -0.25) is 0 Å². The van der Waals surface area contributed by atoms with Crippen molar-refractivity contribution in [2.24, 2.45) is 0 Å².